The van der Waals surface area contributed by atoms with Crippen LogP contribution in [0.15, 0.2) is 30.5 Å². The maximum absolute atomic E-state index is 13.4. The highest BCUT2D eigenvalue weighted by molar-refractivity contribution is 5.94. The van der Waals surface area contributed by atoms with Gasteiger partial charge in [0.25, 0.3) is 0 Å². The molecule has 0 aliphatic carbocycles. The molecule has 0 bridgehead atoms. The van der Waals surface area contributed by atoms with Crippen LogP contribution < -0.4 is 10.2 Å². The van der Waals surface area contributed by atoms with Crippen molar-refractivity contribution in [3.05, 3.63) is 36.0 Å². The summed E-state index contributed by atoms with van der Waals surface area (Å²) in [5.41, 5.74) is -0.00105. The molecule has 1 amide bonds. The van der Waals surface area contributed by atoms with E-state index in [-0.39, 0.29) is 17.5 Å². The number of aliphatic hydroxyl groups excluding tert-OH is 1. The fourth-order valence-corrected chi connectivity index (χ4v) is 4.56. The van der Waals surface area contributed by atoms with E-state index in [0.29, 0.717) is 43.9 Å². The summed E-state index contributed by atoms with van der Waals surface area (Å²) in [5.74, 6) is 0.375. The molecule has 2 aromatic rings. The lowest BCUT2D eigenvalue weighted by atomic mass is 9.94. The average molecular weight is 436 g/mol. The van der Waals surface area contributed by atoms with Gasteiger partial charge in [0.05, 0.1) is 17.2 Å². The van der Waals surface area contributed by atoms with Gasteiger partial charge in [-0.3, -0.25) is 9.78 Å². The van der Waals surface area contributed by atoms with E-state index in [1.54, 1.807) is 23.1 Å². The van der Waals surface area contributed by atoms with E-state index in [1.807, 2.05) is 0 Å². The Labute approximate surface area is 179 Å². The molecule has 1 aromatic heterocycles. The van der Waals surface area contributed by atoms with Gasteiger partial charge in [0.2, 0.25) is 5.91 Å². The van der Waals surface area contributed by atoms with E-state index in [4.69, 9.17) is 0 Å². The summed E-state index contributed by atoms with van der Waals surface area (Å²) >= 11 is 0. The first-order chi connectivity index (χ1) is 14.7. The van der Waals surface area contributed by atoms with Crippen LogP contribution in [0.25, 0.3) is 10.9 Å². The molecule has 2 fully saturated rings. The van der Waals surface area contributed by atoms with E-state index in [0.717, 1.165) is 24.7 Å². The first kappa shape index (κ1) is 21.8. The minimum atomic E-state index is -4.45. The van der Waals surface area contributed by atoms with Gasteiger partial charge >= 0.3 is 6.18 Å². The number of aliphatic hydroxyl groups is 1. The Balaban J connectivity index is 1.46. The molecule has 2 aliphatic rings. The summed E-state index contributed by atoms with van der Waals surface area (Å²) in [6.07, 6.45) is -2.17. The number of carbonyl (C=O) groups is 1. The van der Waals surface area contributed by atoms with Crippen LogP contribution in [0.1, 0.15) is 25.3 Å². The van der Waals surface area contributed by atoms with Crippen molar-refractivity contribution in [2.45, 2.75) is 38.1 Å². The van der Waals surface area contributed by atoms with E-state index < -0.39 is 17.8 Å². The number of anilines is 1. The lowest BCUT2D eigenvalue weighted by Gasteiger charge is -2.39. The van der Waals surface area contributed by atoms with Gasteiger partial charge in [0.15, 0.2) is 0 Å². The molecule has 2 aliphatic heterocycles. The Morgan fingerprint density at radius 2 is 2.00 bits per heavy atom. The second-order valence-electron chi connectivity index (χ2n) is 8.63. The number of amides is 1. The Morgan fingerprint density at radius 1 is 1.23 bits per heavy atom. The topological polar surface area (TPSA) is 68.7 Å². The lowest BCUT2D eigenvalue weighted by Crippen LogP contribution is -2.54. The molecule has 2 atom stereocenters. The predicted molar refractivity (Wildman–Crippen MR) is 112 cm³/mol. The lowest BCUT2D eigenvalue weighted by molar-refractivity contribution is -0.141. The number of aromatic nitrogens is 1. The van der Waals surface area contributed by atoms with Gasteiger partial charge in [-0.25, -0.2) is 0 Å². The third kappa shape index (κ3) is 4.77. The number of carbonyl (C=O) groups excluding carboxylic acids is 1. The first-order valence-electron chi connectivity index (χ1n) is 10.6. The predicted octanol–water partition coefficient (Wildman–Crippen LogP) is 2.65. The average Bonchev–Trinajstić information content (AvgIpc) is 2.69. The Morgan fingerprint density at radius 3 is 2.71 bits per heavy atom. The molecule has 0 saturated carbocycles. The molecule has 1 aromatic carbocycles. The number of halogens is 3. The van der Waals surface area contributed by atoms with Crippen LogP contribution in [0, 0.1) is 5.92 Å². The van der Waals surface area contributed by atoms with Crippen molar-refractivity contribution < 1.29 is 23.1 Å². The van der Waals surface area contributed by atoms with Crippen LogP contribution in [0.4, 0.5) is 18.9 Å². The Bertz CT molecular complexity index is 946. The van der Waals surface area contributed by atoms with Crippen LogP contribution in [-0.4, -0.2) is 65.8 Å². The van der Waals surface area contributed by atoms with E-state index in [1.165, 1.54) is 6.20 Å². The van der Waals surface area contributed by atoms with Crippen LogP contribution in [0.5, 0.6) is 0 Å². The fourth-order valence-electron chi connectivity index (χ4n) is 4.56. The molecule has 3 heterocycles. The second-order valence-corrected chi connectivity index (χ2v) is 8.63. The van der Waals surface area contributed by atoms with Gasteiger partial charge < -0.3 is 20.2 Å². The molecule has 2 saturated heterocycles. The van der Waals surface area contributed by atoms with Gasteiger partial charge in [-0.15, -0.1) is 0 Å². The maximum Gasteiger partial charge on any atom is 0.418 e. The number of fused-ring (bicyclic) bond motifs is 1. The van der Waals surface area contributed by atoms with Crippen molar-refractivity contribution in [1.82, 2.24) is 15.2 Å². The molecule has 0 radical (unpaired) electrons. The fraction of sp³-hybridized carbons (Fsp3) is 0.545. The molecule has 2 N–H and O–H groups in total. The standard InChI is InChI=1S/C22H27F3N4O2/c1-14-9-15(26-8-6-20(31)29-12-16(30)13-29)11-28(10-14)19-5-4-18(22(23,24)25)21-17(19)3-2-7-27-21/h2-5,7,14-16,26,30H,6,8-13H2,1H3. The zero-order valence-corrected chi connectivity index (χ0v) is 17.4. The largest absolute Gasteiger partial charge is 0.418 e. The third-order valence-corrected chi connectivity index (χ3v) is 6.04. The highest BCUT2D eigenvalue weighted by Gasteiger charge is 2.35. The number of alkyl halides is 3. The van der Waals surface area contributed by atoms with Crippen molar-refractivity contribution in [1.29, 1.82) is 0 Å². The zero-order chi connectivity index (χ0) is 22.2. The van der Waals surface area contributed by atoms with Crippen molar-refractivity contribution in [3.8, 4) is 0 Å². The van der Waals surface area contributed by atoms with Crippen molar-refractivity contribution in [2.75, 3.05) is 37.6 Å². The van der Waals surface area contributed by atoms with Crippen LogP contribution in [-0.2, 0) is 11.0 Å². The third-order valence-electron chi connectivity index (χ3n) is 6.04. The number of rotatable bonds is 5. The SMILES string of the molecule is CC1CC(NCCC(=O)N2CC(O)C2)CN(c2ccc(C(F)(F)F)c3ncccc23)C1. The number of hydrogen-bond donors (Lipinski definition) is 2. The van der Waals surface area contributed by atoms with Gasteiger partial charge in [0, 0.05) is 62.5 Å². The monoisotopic (exact) mass is 436 g/mol. The number of nitrogens with zero attached hydrogens (tertiary/aromatic N) is 3. The molecular formula is C22H27F3N4O2. The molecule has 0 spiro atoms. The summed E-state index contributed by atoms with van der Waals surface area (Å²) in [7, 11) is 0. The number of likely N-dealkylation sites (tertiary alicyclic amines) is 1. The van der Waals surface area contributed by atoms with E-state index in [9.17, 15) is 23.1 Å². The van der Waals surface area contributed by atoms with Crippen molar-refractivity contribution in [2.24, 2.45) is 5.92 Å². The van der Waals surface area contributed by atoms with Gasteiger partial charge in [-0.2, -0.15) is 13.2 Å². The molecule has 9 heteroatoms. The summed E-state index contributed by atoms with van der Waals surface area (Å²) in [5, 5.41) is 13.2. The zero-order valence-electron chi connectivity index (χ0n) is 17.4. The molecule has 6 nitrogen and oxygen atoms in total. The number of hydrogen-bond acceptors (Lipinski definition) is 5. The Hall–Kier alpha value is -2.39. The normalized spacial score (nSPS) is 22.6. The molecule has 4 rings (SSSR count). The van der Waals surface area contributed by atoms with Gasteiger partial charge in [-0.1, -0.05) is 6.92 Å². The number of benzene rings is 1. The minimum Gasteiger partial charge on any atom is -0.389 e. The summed E-state index contributed by atoms with van der Waals surface area (Å²) in [6, 6.07) is 6.14. The smallest absolute Gasteiger partial charge is 0.389 e. The highest BCUT2D eigenvalue weighted by atomic mass is 19.4. The molecular weight excluding hydrogens is 409 g/mol. The quantitative estimate of drug-likeness (QED) is 0.754. The van der Waals surface area contributed by atoms with Crippen molar-refractivity contribution >= 4 is 22.5 Å². The summed E-state index contributed by atoms with van der Waals surface area (Å²) in [4.78, 5) is 19.9. The summed E-state index contributed by atoms with van der Waals surface area (Å²) in [6.45, 7) is 4.86. The van der Waals surface area contributed by atoms with E-state index in [2.05, 4.69) is 22.1 Å². The van der Waals surface area contributed by atoms with Crippen LogP contribution in [0.3, 0.4) is 0 Å². The number of pyridine rings is 1. The Kier molecular flexibility index (Phi) is 6.07. The number of β-amino-alcohol motifs (C(OH)–C–C–N with tert-alkyl or cyclic N) is 1. The van der Waals surface area contributed by atoms with Gasteiger partial charge in [-0.05, 0) is 36.6 Å². The number of nitrogens with one attached hydrogen (secondary N) is 1. The van der Waals surface area contributed by atoms with Crippen molar-refractivity contribution in [3.63, 3.8) is 0 Å². The highest BCUT2D eigenvalue weighted by Crippen LogP contribution is 2.38. The van der Waals surface area contributed by atoms with Crippen LogP contribution in [0.2, 0.25) is 0 Å². The van der Waals surface area contributed by atoms with E-state index >= 15 is 0 Å². The minimum absolute atomic E-state index is 0.0262. The van der Waals surface area contributed by atoms with Gasteiger partial charge in [0.1, 0.15) is 0 Å². The first-order valence-corrected chi connectivity index (χ1v) is 10.6. The number of piperidine rings is 1. The summed E-state index contributed by atoms with van der Waals surface area (Å²) < 4.78 is 40.3. The molecule has 168 valence electrons. The maximum atomic E-state index is 13.4. The second kappa shape index (κ2) is 8.63. The molecule has 31 heavy (non-hydrogen) atoms. The van der Waals surface area contributed by atoms with Crippen LogP contribution >= 0.6 is 0 Å². The molecule has 2 unspecified atom stereocenters.